The lowest BCUT2D eigenvalue weighted by Crippen LogP contribution is -2.24. The van der Waals surface area contributed by atoms with Gasteiger partial charge in [-0.3, -0.25) is 4.79 Å². The molecular weight excluding hydrogens is 402 g/mol. The molecule has 2 rings (SSSR count). The SMILES string of the molecule is CC(C)CC(/C=N\C(=O)OC(C)(C)C)C(=O)N=S(N)(=O)c1cccc2ccccc12. The van der Waals surface area contributed by atoms with Gasteiger partial charge in [0.2, 0.25) is 0 Å². The Hall–Kier alpha value is -2.58. The summed E-state index contributed by atoms with van der Waals surface area (Å²) in [5.41, 5.74) is -0.698. The molecule has 0 aromatic heterocycles. The number of rotatable bonds is 5. The molecule has 2 aromatic carbocycles. The second kappa shape index (κ2) is 9.49. The van der Waals surface area contributed by atoms with Crippen molar-refractivity contribution in [3.05, 3.63) is 42.5 Å². The molecule has 8 heteroatoms. The van der Waals surface area contributed by atoms with E-state index in [0.29, 0.717) is 16.7 Å². The minimum Gasteiger partial charge on any atom is -0.442 e. The molecule has 0 heterocycles. The van der Waals surface area contributed by atoms with Gasteiger partial charge in [-0.1, -0.05) is 50.2 Å². The number of benzene rings is 2. The summed E-state index contributed by atoms with van der Waals surface area (Å²) in [7, 11) is -3.49. The van der Waals surface area contributed by atoms with E-state index in [2.05, 4.69) is 9.36 Å². The van der Waals surface area contributed by atoms with Gasteiger partial charge in [0, 0.05) is 11.6 Å². The third-order valence-corrected chi connectivity index (χ3v) is 5.52. The van der Waals surface area contributed by atoms with E-state index < -0.39 is 33.4 Å². The van der Waals surface area contributed by atoms with Crippen LogP contribution in [0.3, 0.4) is 0 Å². The van der Waals surface area contributed by atoms with Gasteiger partial charge >= 0.3 is 6.09 Å². The number of ether oxygens (including phenoxy) is 1. The summed E-state index contributed by atoms with van der Waals surface area (Å²) in [4.78, 5) is 28.7. The number of fused-ring (bicyclic) bond motifs is 1. The van der Waals surface area contributed by atoms with E-state index in [9.17, 15) is 13.8 Å². The molecule has 0 aliphatic rings. The van der Waals surface area contributed by atoms with Crippen LogP contribution in [0.4, 0.5) is 4.79 Å². The van der Waals surface area contributed by atoms with Crippen molar-refractivity contribution < 1.29 is 18.5 Å². The maximum Gasteiger partial charge on any atom is 0.433 e. The number of carbonyl (C=O) groups is 2. The summed E-state index contributed by atoms with van der Waals surface area (Å²) in [6, 6.07) is 12.5. The summed E-state index contributed by atoms with van der Waals surface area (Å²) in [5.74, 6) is -1.40. The Morgan fingerprint density at radius 2 is 1.77 bits per heavy atom. The predicted octanol–water partition coefficient (Wildman–Crippen LogP) is 4.74. The van der Waals surface area contributed by atoms with Gasteiger partial charge in [-0.05, 0) is 44.6 Å². The molecule has 2 amide bonds. The van der Waals surface area contributed by atoms with Gasteiger partial charge in [0.05, 0.1) is 10.8 Å². The second-order valence-electron chi connectivity index (χ2n) is 8.47. The first kappa shape index (κ1) is 23.7. The van der Waals surface area contributed by atoms with Crippen molar-refractivity contribution in [3.8, 4) is 0 Å². The van der Waals surface area contributed by atoms with Crippen LogP contribution in [-0.2, 0) is 19.4 Å². The monoisotopic (exact) mass is 431 g/mol. The Bertz CT molecular complexity index is 1070. The molecule has 2 N–H and O–H groups in total. The van der Waals surface area contributed by atoms with Crippen LogP contribution in [0.25, 0.3) is 10.8 Å². The van der Waals surface area contributed by atoms with Crippen molar-refractivity contribution >= 4 is 38.9 Å². The molecule has 0 fully saturated rings. The maximum absolute atomic E-state index is 13.2. The van der Waals surface area contributed by atoms with Crippen LogP contribution in [0.1, 0.15) is 41.0 Å². The Balaban J connectivity index is 2.38. The molecule has 0 saturated carbocycles. The highest BCUT2D eigenvalue weighted by molar-refractivity contribution is 7.92. The fraction of sp³-hybridized carbons (Fsp3) is 0.409. The smallest absolute Gasteiger partial charge is 0.433 e. The summed E-state index contributed by atoms with van der Waals surface area (Å²) >= 11 is 0. The van der Waals surface area contributed by atoms with Gasteiger partial charge in [-0.2, -0.15) is 4.99 Å². The molecular formula is C22H29N3O4S. The molecule has 0 saturated heterocycles. The van der Waals surface area contributed by atoms with Crippen LogP contribution in [0.2, 0.25) is 0 Å². The van der Waals surface area contributed by atoms with Gasteiger partial charge in [0.25, 0.3) is 5.91 Å². The average Bonchev–Trinajstić information content (AvgIpc) is 2.62. The molecule has 7 nitrogen and oxygen atoms in total. The van der Waals surface area contributed by atoms with E-state index in [0.717, 1.165) is 5.39 Å². The van der Waals surface area contributed by atoms with Crippen LogP contribution >= 0.6 is 0 Å². The molecule has 2 atom stereocenters. The predicted molar refractivity (Wildman–Crippen MR) is 120 cm³/mol. The summed E-state index contributed by atoms with van der Waals surface area (Å²) in [6.07, 6.45) is 0.782. The van der Waals surface area contributed by atoms with Crippen molar-refractivity contribution in [2.75, 3.05) is 0 Å². The molecule has 2 aromatic rings. The van der Waals surface area contributed by atoms with Crippen LogP contribution < -0.4 is 5.14 Å². The normalized spacial score (nSPS) is 15.2. The largest absolute Gasteiger partial charge is 0.442 e. The van der Waals surface area contributed by atoms with Crippen LogP contribution in [0.15, 0.2) is 56.7 Å². The lowest BCUT2D eigenvalue weighted by molar-refractivity contribution is -0.119. The molecule has 0 aliphatic carbocycles. The minimum absolute atomic E-state index is 0.116. The number of carbonyl (C=O) groups excluding carboxylic acids is 2. The van der Waals surface area contributed by atoms with E-state index in [1.807, 2.05) is 32.0 Å². The molecule has 2 unspecified atom stereocenters. The van der Waals surface area contributed by atoms with E-state index in [1.165, 1.54) is 6.21 Å². The number of aliphatic imine (C=N–C) groups is 1. The van der Waals surface area contributed by atoms with Crippen molar-refractivity contribution in [1.29, 1.82) is 0 Å². The van der Waals surface area contributed by atoms with Gasteiger partial charge in [-0.15, -0.1) is 4.36 Å². The number of hydrogen-bond acceptors (Lipinski definition) is 4. The Kier molecular flexibility index (Phi) is 7.49. The number of hydrogen-bond donors (Lipinski definition) is 1. The summed E-state index contributed by atoms with van der Waals surface area (Å²) in [5, 5.41) is 7.54. The number of nitrogens with two attached hydrogens (primary N) is 1. The Morgan fingerprint density at radius 3 is 2.40 bits per heavy atom. The summed E-state index contributed by atoms with van der Waals surface area (Å²) in [6.45, 7) is 9.01. The maximum atomic E-state index is 13.2. The van der Waals surface area contributed by atoms with E-state index in [4.69, 9.17) is 9.88 Å². The highest BCUT2D eigenvalue weighted by atomic mass is 32.2. The fourth-order valence-corrected chi connectivity index (χ4v) is 4.15. The fourth-order valence-electron chi connectivity index (χ4n) is 2.87. The Labute approximate surface area is 178 Å². The third kappa shape index (κ3) is 6.74. The van der Waals surface area contributed by atoms with Crippen LogP contribution in [0, 0.1) is 11.8 Å². The zero-order valence-corrected chi connectivity index (χ0v) is 18.8. The lowest BCUT2D eigenvalue weighted by atomic mass is 9.98. The van der Waals surface area contributed by atoms with Gasteiger partial charge in [0.15, 0.2) is 0 Å². The first-order valence-corrected chi connectivity index (χ1v) is 11.3. The molecule has 30 heavy (non-hydrogen) atoms. The van der Waals surface area contributed by atoms with Crippen LogP contribution in [0.5, 0.6) is 0 Å². The quantitative estimate of drug-likeness (QED) is 0.689. The minimum atomic E-state index is -3.49. The first-order chi connectivity index (χ1) is 13.9. The van der Waals surface area contributed by atoms with Gasteiger partial charge in [-0.25, -0.2) is 14.1 Å². The Morgan fingerprint density at radius 1 is 1.13 bits per heavy atom. The van der Waals surface area contributed by atoms with Crippen molar-refractivity contribution in [1.82, 2.24) is 0 Å². The highest BCUT2D eigenvalue weighted by Crippen LogP contribution is 2.23. The second-order valence-corrected chi connectivity index (χ2v) is 10.2. The molecule has 162 valence electrons. The molecule has 0 radical (unpaired) electrons. The third-order valence-electron chi connectivity index (χ3n) is 4.09. The zero-order valence-electron chi connectivity index (χ0n) is 18.0. The average molecular weight is 432 g/mol. The van der Waals surface area contributed by atoms with Gasteiger partial charge in [0.1, 0.15) is 15.5 Å². The molecule has 0 bridgehead atoms. The van der Waals surface area contributed by atoms with E-state index >= 15 is 0 Å². The standard InChI is InChI=1S/C22H29N3O4S/c1-15(2)13-17(14-24-21(27)29-22(3,4)5)20(26)25-30(23,28)19-12-8-10-16-9-6-7-11-18(16)19/h6-12,14-15,17H,13H2,1-5H3,(H2,23,25,26,28)/b24-14-. The van der Waals surface area contributed by atoms with E-state index in [-0.39, 0.29) is 5.92 Å². The molecule has 0 aliphatic heterocycles. The number of amides is 2. The van der Waals surface area contributed by atoms with Crippen molar-refractivity contribution in [3.63, 3.8) is 0 Å². The number of nitrogens with zero attached hydrogens (tertiary/aromatic N) is 2. The van der Waals surface area contributed by atoms with Gasteiger partial charge < -0.3 is 4.74 Å². The zero-order chi connectivity index (χ0) is 22.5. The van der Waals surface area contributed by atoms with Crippen LogP contribution in [-0.4, -0.2) is 28.0 Å². The highest BCUT2D eigenvalue weighted by Gasteiger charge is 2.22. The lowest BCUT2D eigenvalue weighted by Gasteiger charge is -2.17. The summed E-state index contributed by atoms with van der Waals surface area (Å²) < 4.78 is 22.2. The topological polar surface area (TPSA) is 111 Å². The molecule has 0 spiro atoms. The van der Waals surface area contributed by atoms with E-state index in [1.54, 1.807) is 45.0 Å². The van der Waals surface area contributed by atoms with Crippen molar-refractivity contribution in [2.45, 2.75) is 51.5 Å². The van der Waals surface area contributed by atoms with Crippen molar-refractivity contribution in [2.24, 2.45) is 26.3 Å². The first-order valence-electron chi connectivity index (χ1n) is 9.73.